The molecule has 1 aromatic carbocycles. The van der Waals surface area contributed by atoms with Crippen LogP contribution < -0.4 is 0 Å². The highest BCUT2D eigenvalue weighted by molar-refractivity contribution is 5.89. The second-order valence-electron chi connectivity index (χ2n) is 4.38. The van der Waals surface area contributed by atoms with Gasteiger partial charge in [0.1, 0.15) is 5.82 Å². The van der Waals surface area contributed by atoms with Gasteiger partial charge in [-0.2, -0.15) is 0 Å². The van der Waals surface area contributed by atoms with Crippen LogP contribution in [0.1, 0.15) is 55.8 Å². The van der Waals surface area contributed by atoms with Gasteiger partial charge in [-0.25, -0.2) is 9.18 Å². The van der Waals surface area contributed by atoms with Gasteiger partial charge in [0.25, 0.3) is 0 Å². The zero-order valence-corrected chi connectivity index (χ0v) is 11.0. The van der Waals surface area contributed by atoms with Gasteiger partial charge in [-0.15, -0.1) is 0 Å². The Labute approximate surface area is 108 Å². The molecule has 0 atom stereocenters. The molecule has 0 aliphatic heterocycles. The summed E-state index contributed by atoms with van der Waals surface area (Å²) in [6.45, 7) is 2.55. The van der Waals surface area contributed by atoms with E-state index >= 15 is 0 Å². The number of halogens is 1. The van der Waals surface area contributed by atoms with Crippen molar-refractivity contribution in [3.8, 4) is 0 Å². The van der Waals surface area contributed by atoms with Gasteiger partial charge in [0, 0.05) is 0 Å². The molecule has 18 heavy (non-hydrogen) atoms. The fourth-order valence-electron chi connectivity index (χ4n) is 1.75. The van der Waals surface area contributed by atoms with Crippen molar-refractivity contribution in [3.05, 3.63) is 35.6 Å². The van der Waals surface area contributed by atoms with Gasteiger partial charge in [-0.3, -0.25) is 0 Å². The monoisotopic (exact) mass is 252 g/mol. The van der Waals surface area contributed by atoms with Crippen LogP contribution in [0.25, 0.3) is 0 Å². The summed E-state index contributed by atoms with van der Waals surface area (Å²) in [6, 6.07) is 5.89. The Morgan fingerprint density at radius 3 is 2.50 bits per heavy atom. The molecule has 2 nitrogen and oxygen atoms in total. The van der Waals surface area contributed by atoms with Gasteiger partial charge in [0.05, 0.1) is 12.2 Å². The van der Waals surface area contributed by atoms with Crippen molar-refractivity contribution in [2.75, 3.05) is 6.61 Å². The van der Waals surface area contributed by atoms with E-state index in [2.05, 4.69) is 6.92 Å². The number of carbonyl (C=O) groups excluding carboxylic acids is 1. The molecule has 0 heterocycles. The highest BCUT2D eigenvalue weighted by atomic mass is 19.1. The van der Waals surface area contributed by atoms with Gasteiger partial charge in [-0.05, 0) is 18.6 Å². The second-order valence-corrected chi connectivity index (χ2v) is 4.38. The molecule has 0 aromatic heterocycles. The summed E-state index contributed by atoms with van der Waals surface area (Å²) >= 11 is 0. The largest absolute Gasteiger partial charge is 0.462 e. The highest BCUT2D eigenvalue weighted by Crippen LogP contribution is 2.09. The van der Waals surface area contributed by atoms with E-state index in [0.29, 0.717) is 6.61 Å². The summed E-state index contributed by atoms with van der Waals surface area (Å²) in [5.41, 5.74) is 0.0171. The summed E-state index contributed by atoms with van der Waals surface area (Å²) in [6.07, 6.45) is 6.80. The first-order valence-electron chi connectivity index (χ1n) is 6.67. The fraction of sp³-hybridized carbons (Fsp3) is 0.533. The Hall–Kier alpha value is -1.38. The lowest BCUT2D eigenvalue weighted by Gasteiger charge is -2.05. The smallest absolute Gasteiger partial charge is 0.341 e. The molecule has 0 fully saturated rings. The molecule has 0 unspecified atom stereocenters. The predicted octanol–water partition coefficient (Wildman–Crippen LogP) is 4.34. The van der Waals surface area contributed by atoms with Gasteiger partial charge in [-0.1, -0.05) is 51.2 Å². The van der Waals surface area contributed by atoms with Crippen molar-refractivity contribution < 1.29 is 13.9 Å². The summed E-state index contributed by atoms with van der Waals surface area (Å²) in [5, 5.41) is 0. The van der Waals surface area contributed by atoms with Crippen LogP contribution >= 0.6 is 0 Å². The van der Waals surface area contributed by atoms with Crippen LogP contribution in [-0.2, 0) is 4.74 Å². The number of rotatable bonds is 8. The normalized spacial score (nSPS) is 10.3. The molecule has 0 N–H and O–H groups in total. The number of benzene rings is 1. The standard InChI is InChI=1S/C15H21FO2/c1-2-3-4-5-6-9-12-18-15(17)13-10-7-8-11-14(13)16/h7-8,10-11H,2-6,9,12H2,1H3. The molecule has 0 radical (unpaired) electrons. The van der Waals surface area contributed by atoms with Crippen LogP contribution in [-0.4, -0.2) is 12.6 Å². The topological polar surface area (TPSA) is 26.3 Å². The molecular formula is C15H21FO2. The van der Waals surface area contributed by atoms with Gasteiger partial charge in [0.2, 0.25) is 0 Å². The SMILES string of the molecule is CCCCCCCCOC(=O)c1ccccc1F. The number of hydrogen-bond acceptors (Lipinski definition) is 2. The quantitative estimate of drug-likeness (QED) is 0.508. The minimum atomic E-state index is -0.568. The molecule has 0 saturated heterocycles. The van der Waals surface area contributed by atoms with E-state index in [9.17, 15) is 9.18 Å². The van der Waals surface area contributed by atoms with Crippen LogP contribution in [0.2, 0.25) is 0 Å². The predicted molar refractivity (Wildman–Crippen MR) is 70.1 cm³/mol. The second kappa shape index (κ2) is 8.67. The minimum absolute atomic E-state index is 0.0171. The van der Waals surface area contributed by atoms with Crippen molar-refractivity contribution in [1.82, 2.24) is 0 Å². The molecular weight excluding hydrogens is 231 g/mol. The van der Waals surface area contributed by atoms with E-state index in [0.717, 1.165) is 12.8 Å². The highest BCUT2D eigenvalue weighted by Gasteiger charge is 2.11. The van der Waals surface area contributed by atoms with Crippen molar-refractivity contribution in [3.63, 3.8) is 0 Å². The lowest BCUT2D eigenvalue weighted by Crippen LogP contribution is -2.08. The summed E-state index contributed by atoms with van der Waals surface area (Å²) in [5.74, 6) is -1.09. The summed E-state index contributed by atoms with van der Waals surface area (Å²) in [4.78, 5) is 11.5. The first kappa shape index (κ1) is 14.7. The number of hydrogen-bond donors (Lipinski definition) is 0. The molecule has 1 rings (SSSR count). The molecule has 0 amide bonds. The summed E-state index contributed by atoms with van der Waals surface area (Å²) in [7, 11) is 0. The number of esters is 1. The molecule has 0 aliphatic rings. The molecule has 1 aromatic rings. The zero-order chi connectivity index (χ0) is 13.2. The molecule has 0 spiro atoms. The van der Waals surface area contributed by atoms with E-state index in [1.807, 2.05) is 0 Å². The molecule has 3 heteroatoms. The van der Waals surface area contributed by atoms with E-state index in [-0.39, 0.29) is 5.56 Å². The Morgan fingerprint density at radius 2 is 1.78 bits per heavy atom. The third-order valence-electron chi connectivity index (χ3n) is 2.82. The van der Waals surface area contributed by atoms with Crippen LogP contribution in [0.5, 0.6) is 0 Å². The van der Waals surface area contributed by atoms with Crippen LogP contribution in [0, 0.1) is 5.82 Å². The lowest BCUT2D eigenvalue weighted by atomic mass is 10.1. The van der Waals surface area contributed by atoms with E-state index in [1.165, 1.54) is 37.8 Å². The third kappa shape index (κ3) is 5.30. The van der Waals surface area contributed by atoms with Gasteiger partial charge in [0.15, 0.2) is 0 Å². The maximum Gasteiger partial charge on any atom is 0.341 e. The maximum atomic E-state index is 13.3. The minimum Gasteiger partial charge on any atom is -0.462 e. The number of unbranched alkanes of at least 4 members (excludes halogenated alkanes) is 5. The Morgan fingerprint density at radius 1 is 1.11 bits per heavy atom. The fourth-order valence-corrected chi connectivity index (χ4v) is 1.75. The number of ether oxygens (including phenoxy) is 1. The van der Waals surface area contributed by atoms with Gasteiger partial charge < -0.3 is 4.74 Å². The van der Waals surface area contributed by atoms with Crippen molar-refractivity contribution >= 4 is 5.97 Å². The van der Waals surface area contributed by atoms with Crippen LogP contribution in [0.3, 0.4) is 0 Å². The lowest BCUT2D eigenvalue weighted by molar-refractivity contribution is 0.0492. The number of carbonyl (C=O) groups is 1. The maximum absolute atomic E-state index is 13.3. The Balaban J connectivity index is 2.16. The zero-order valence-electron chi connectivity index (χ0n) is 11.0. The first-order valence-corrected chi connectivity index (χ1v) is 6.67. The van der Waals surface area contributed by atoms with Crippen LogP contribution in [0.15, 0.2) is 24.3 Å². The van der Waals surface area contributed by atoms with E-state index < -0.39 is 11.8 Å². The van der Waals surface area contributed by atoms with E-state index in [4.69, 9.17) is 4.74 Å². The molecule has 0 saturated carbocycles. The van der Waals surface area contributed by atoms with Crippen LogP contribution in [0.4, 0.5) is 4.39 Å². The van der Waals surface area contributed by atoms with Gasteiger partial charge >= 0.3 is 5.97 Å². The summed E-state index contributed by atoms with van der Waals surface area (Å²) < 4.78 is 18.3. The molecule has 0 bridgehead atoms. The Kier molecular flexibility index (Phi) is 7.07. The average Bonchev–Trinajstić information content (AvgIpc) is 2.38. The van der Waals surface area contributed by atoms with Crippen molar-refractivity contribution in [2.24, 2.45) is 0 Å². The third-order valence-corrected chi connectivity index (χ3v) is 2.82. The average molecular weight is 252 g/mol. The van der Waals surface area contributed by atoms with E-state index in [1.54, 1.807) is 12.1 Å². The molecule has 0 aliphatic carbocycles. The molecule has 100 valence electrons. The van der Waals surface area contributed by atoms with Crippen molar-refractivity contribution in [1.29, 1.82) is 0 Å². The first-order chi connectivity index (χ1) is 8.75. The Bertz CT molecular complexity index is 363. The van der Waals surface area contributed by atoms with Crippen molar-refractivity contribution in [2.45, 2.75) is 45.4 Å².